The minimum Gasteiger partial charge on any atom is -0.488 e. The molecular weight excluding hydrogens is 561 g/mol. The van der Waals surface area contributed by atoms with Gasteiger partial charge in [-0.3, -0.25) is 9.97 Å². The van der Waals surface area contributed by atoms with E-state index in [1.807, 2.05) is 33.8 Å². The number of anilines is 1. The predicted octanol–water partition coefficient (Wildman–Crippen LogP) is 7.27. The summed E-state index contributed by atoms with van der Waals surface area (Å²) in [5.41, 5.74) is 2.79. The fourth-order valence-corrected chi connectivity index (χ4v) is 5.14. The Labute approximate surface area is 251 Å². The molecule has 10 heteroatoms. The second-order valence-corrected chi connectivity index (χ2v) is 12.7. The second kappa shape index (κ2) is 12.8. The summed E-state index contributed by atoms with van der Waals surface area (Å²) in [7, 11) is 0. The van der Waals surface area contributed by atoms with Gasteiger partial charge in [-0.25, -0.2) is 9.18 Å². The van der Waals surface area contributed by atoms with Crippen LogP contribution in [-0.4, -0.2) is 52.9 Å². The van der Waals surface area contributed by atoms with Crippen LogP contribution in [0.3, 0.4) is 0 Å². The van der Waals surface area contributed by atoms with Gasteiger partial charge >= 0.3 is 5.97 Å². The molecule has 0 spiro atoms. The largest absolute Gasteiger partial charge is 0.488 e. The highest BCUT2D eigenvalue weighted by Crippen LogP contribution is 2.43. The summed E-state index contributed by atoms with van der Waals surface area (Å²) in [6.07, 6.45) is 4.07. The number of halogens is 2. The third-order valence-corrected chi connectivity index (χ3v) is 7.51. The number of piperidine rings is 1. The first-order valence-corrected chi connectivity index (χ1v) is 14.4. The van der Waals surface area contributed by atoms with Gasteiger partial charge in [0, 0.05) is 36.1 Å². The van der Waals surface area contributed by atoms with Crippen molar-refractivity contribution in [1.82, 2.24) is 9.97 Å². The normalized spacial score (nSPS) is 15.8. The van der Waals surface area contributed by atoms with Gasteiger partial charge in [-0.2, -0.15) is 0 Å². The highest BCUT2D eigenvalue weighted by atomic mass is 35.5. The summed E-state index contributed by atoms with van der Waals surface area (Å²) in [6.45, 7) is 13.6. The smallest absolute Gasteiger partial charge is 0.337 e. The molecule has 3 aromatic rings. The maximum Gasteiger partial charge on any atom is 0.337 e. The highest BCUT2D eigenvalue weighted by Gasteiger charge is 2.36. The molecule has 0 radical (unpaired) electrons. The van der Waals surface area contributed by atoms with Crippen molar-refractivity contribution < 1.29 is 28.5 Å². The zero-order valence-electron chi connectivity index (χ0n) is 25.0. The summed E-state index contributed by atoms with van der Waals surface area (Å²) in [4.78, 5) is 24.1. The zero-order chi connectivity index (χ0) is 30.7. The number of aliphatic carboxylic acids is 1. The Hall–Kier alpha value is -3.43. The number of hydrogen-bond acceptors (Lipinski definition) is 7. The van der Waals surface area contributed by atoms with Crippen molar-refractivity contribution in [2.24, 2.45) is 5.41 Å². The molecule has 1 N–H and O–H groups in total. The van der Waals surface area contributed by atoms with Gasteiger partial charge in [0.15, 0.2) is 17.7 Å². The average Bonchev–Trinajstić information content (AvgIpc) is 2.91. The van der Waals surface area contributed by atoms with Gasteiger partial charge in [-0.05, 0) is 70.2 Å². The number of nitrogens with zero attached hydrogens (tertiary/aromatic N) is 3. The maximum absolute atomic E-state index is 13.9. The number of carboxylic acid groups (broad SMARTS) is 1. The Bertz CT molecular complexity index is 1380. The molecule has 0 aliphatic carbocycles. The zero-order valence-corrected chi connectivity index (χ0v) is 25.8. The van der Waals surface area contributed by atoms with Crippen molar-refractivity contribution in [3.8, 4) is 22.8 Å². The monoisotopic (exact) mass is 599 g/mol. The van der Waals surface area contributed by atoms with E-state index in [1.165, 1.54) is 12.1 Å². The van der Waals surface area contributed by atoms with Crippen LogP contribution >= 0.6 is 11.6 Å². The van der Waals surface area contributed by atoms with Crippen molar-refractivity contribution in [1.29, 1.82) is 0 Å². The lowest BCUT2D eigenvalue weighted by Gasteiger charge is -2.40. The van der Waals surface area contributed by atoms with Crippen molar-refractivity contribution in [3.05, 3.63) is 64.8 Å². The number of para-hydroxylation sites is 1. The van der Waals surface area contributed by atoms with E-state index in [4.69, 9.17) is 25.8 Å². The topological polar surface area (TPSA) is 94.0 Å². The molecule has 1 aliphatic heterocycles. The third-order valence-electron chi connectivity index (χ3n) is 7.21. The number of aryl methyl sites for hydroxylation is 1. The van der Waals surface area contributed by atoms with E-state index in [2.05, 4.69) is 28.7 Å². The van der Waals surface area contributed by atoms with E-state index in [-0.39, 0.29) is 29.4 Å². The van der Waals surface area contributed by atoms with Crippen molar-refractivity contribution in [2.45, 2.75) is 66.1 Å². The Kier molecular flexibility index (Phi) is 9.63. The highest BCUT2D eigenvalue weighted by molar-refractivity contribution is 6.32. The van der Waals surface area contributed by atoms with Gasteiger partial charge in [0.2, 0.25) is 0 Å². The minimum absolute atomic E-state index is 0.0114. The Morgan fingerprint density at radius 1 is 1.10 bits per heavy atom. The molecule has 1 saturated heterocycles. The van der Waals surface area contributed by atoms with Crippen molar-refractivity contribution in [3.63, 3.8) is 0 Å². The van der Waals surface area contributed by atoms with Crippen LogP contribution in [0.4, 0.5) is 10.1 Å². The van der Waals surface area contributed by atoms with E-state index < -0.39 is 23.5 Å². The third kappa shape index (κ3) is 7.69. The average molecular weight is 600 g/mol. The summed E-state index contributed by atoms with van der Waals surface area (Å²) in [5, 5.41) is 10.5. The van der Waals surface area contributed by atoms with E-state index in [1.54, 1.807) is 24.5 Å². The number of ether oxygens (including phenoxy) is 3. The molecule has 8 nitrogen and oxygen atoms in total. The molecule has 4 rings (SSSR count). The number of pyridine rings is 2. The molecule has 0 unspecified atom stereocenters. The number of benzene rings is 1. The van der Waals surface area contributed by atoms with E-state index in [0.717, 1.165) is 37.2 Å². The van der Waals surface area contributed by atoms with Gasteiger partial charge in [0.1, 0.15) is 19.0 Å². The number of rotatable bonds is 10. The van der Waals surface area contributed by atoms with Crippen LogP contribution in [0, 0.1) is 18.2 Å². The summed E-state index contributed by atoms with van der Waals surface area (Å²) >= 11 is 6.01. The van der Waals surface area contributed by atoms with Gasteiger partial charge < -0.3 is 24.2 Å². The number of carbonyl (C=O) groups is 1. The molecule has 1 atom stereocenters. The van der Waals surface area contributed by atoms with Gasteiger partial charge in [0.25, 0.3) is 0 Å². The summed E-state index contributed by atoms with van der Waals surface area (Å²) < 4.78 is 31.2. The molecule has 1 aliphatic rings. The molecule has 3 heterocycles. The molecule has 0 saturated carbocycles. The van der Waals surface area contributed by atoms with Gasteiger partial charge in [-0.1, -0.05) is 31.5 Å². The first-order chi connectivity index (χ1) is 19.8. The maximum atomic E-state index is 13.9. The lowest BCUT2D eigenvalue weighted by Crippen LogP contribution is -2.39. The number of carboxylic acids is 1. The SMILES string of the molecule is Cc1ncc(-c2ccc(OCCOc3c(F)cccc3Cl)cn2)c(N2CCC(C)(C)CC2)c1[C@H](OC(C)(C)C)C(=O)O. The van der Waals surface area contributed by atoms with Gasteiger partial charge in [0.05, 0.1) is 28.2 Å². The van der Waals surface area contributed by atoms with Crippen LogP contribution in [0.5, 0.6) is 11.5 Å². The molecule has 0 bridgehead atoms. The van der Waals surface area contributed by atoms with Crippen molar-refractivity contribution >= 4 is 23.3 Å². The molecular formula is C32H39ClFN3O5. The van der Waals surface area contributed by atoms with E-state index in [0.29, 0.717) is 22.7 Å². The molecule has 1 aromatic carbocycles. The molecule has 2 aromatic heterocycles. The van der Waals surface area contributed by atoms with Crippen LogP contribution in [-0.2, 0) is 9.53 Å². The first kappa shape index (κ1) is 31.5. The molecule has 42 heavy (non-hydrogen) atoms. The Morgan fingerprint density at radius 2 is 1.79 bits per heavy atom. The quantitative estimate of drug-likeness (QED) is 0.243. The number of hydrogen-bond donors (Lipinski definition) is 1. The fraction of sp³-hybridized carbons (Fsp3) is 0.469. The van der Waals surface area contributed by atoms with Crippen LogP contribution in [0.15, 0.2) is 42.7 Å². The van der Waals surface area contributed by atoms with Crippen molar-refractivity contribution in [2.75, 3.05) is 31.2 Å². The Balaban J connectivity index is 1.62. The standard InChI is InChI=1S/C32H39ClFN3O5/c1-20-26(29(30(38)39)42-31(2,3)4)27(37-14-12-32(5,6)13-15-37)22(19-35-20)25-11-10-21(18-36-25)40-16-17-41-28-23(33)8-7-9-24(28)34/h7-11,18-19,29H,12-17H2,1-6H3,(H,38,39)/t29-/m0/s1. The second-order valence-electron chi connectivity index (χ2n) is 12.2. The Morgan fingerprint density at radius 3 is 2.38 bits per heavy atom. The first-order valence-electron chi connectivity index (χ1n) is 14.1. The fourth-order valence-electron chi connectivity index (χ4n) is 4.92. The van der Waals surface area contributed by atoms with Gasteiger partial charge in [-0.15, -0.1) is 0 Å². The molecule has 0 amide bonds. The van der Waals surface area contributed by atoms with Crippen LogP contribution in [0.25, 0.3) is 11.3 Å². The summed E-state index contributed by atoms with van der Waals surface area (Å²) in [6, 6.07) is 7.95. The predicted molar refractivity (Wildman–Crippen MR) is 161 cm³/mol. The number of aromatic nitrogens is 2. The molecule has 1 fully saturated rings. The summed E-state index contributed by atoms with van der Waals surface area (Å²) in [5.74, 6) is -1.11. The van der Waals surface area contributed by atoms with Crippen LogP contribution in [0.1, 0.15) is 64.8 Å². The minimum atomic E-state index is -1.20. The van der Waals surface area contributed by atoms with E-state index >= 15 is 0 Å². The van der Waals surface area contributed by atoms with Crippen LogP contribution in [0.2, 0.25) is 5.02 Å². The lowest BCUT2D eigenvalue weighted by atomic mass is 9.82. The molecule has 226 valence electrons. The lowest BCUT2D eigenvalue weighted by molar-refractivity contribution is -0.160. The van der Waals surface area contributed by atoms with Crippen LogP contribution < -0.4 is 14.4 Å². The van der Waals surface area contributed by atoms with E-state index in [9.17, 15) is 14.3 Å².